The fraction of sp³-hybridized carbons (Fsp3) is 0.400. The van der Waals surface area contributed by atoms with Gasteiger partial charge < -0.3 is 14.6 Å². The minimum Gasteiger partial charge on any atom is -0.361 e. The van der Waals surface area contributed by atoms with Crippen LogP contribution in [0.25, 0.3) is 0 Å². The lowest BCUT2D eigenvalue weighted by atomic mass is 9.88. The molecule has 0 spiro atoms. The van der Waals surface area contributed by atoms with E-state index >= 15 is 0 Å². The maximum atomic E-state index is 11.9. The van der Waals surface area contributed by atoms with Gasteiger partial charge >= 0.3 is 0 Å². The van der Waals surface area contributed by atoms with Crippen molar-refractivity contribution in [3.63, 3.8) is 0 Å². The minimum atomic E-state index is -0.0540. The smallest absolute Gasteiger partial charge is 0.142 e. The minimum absolute atomic E-state index is 0.0540. The SMILES string of the molecule is C=CCN(c1ccccc1)[C@H]1C[C@@H](C)N(C(C=O)CCCC)c2ccccc21. The number of hydrogen-bond acceptors (Lipinski definition) is 3. The molecule has 0 aliphatic carbocycles. The first-order valence-electron chi connectivity index (χ1n) is 10.5. The van der Waals surface area contributed by atoms with E-state index in [1.165, 1.54) is 16.9 Å². The van der Waals surface area contributed by atoms with Crippen LogP contribution in [-0.2, 0) is 4.79 Å². The summed E-state index contributed by atoms with van der Waals surface area (Å²) in [6.45, 7) is 9.21. The summed E-state index contributed by atoms with van der Waals surface area (Å²) in [6, 6.07) is 19.7. The Hall–Kier alpha value is -2.55. The van der Waals surface area contributed by atoms with Crippen molar-refractivity contribution in [3.8, 4) is 0 Å². The maximum Gasteiger partial charge on any atom is 0.142 e. The molecular formula is C25H32N2O. The number of fused-ring (bicyclic) bond motifs is 1. The molecule has 0 bridgehead atoms. The Bertz CT molecular complexity index is 773. The molecule has 0 saturated heterocycles. The molecule has 0 N–H and O–H groups in total. The summed E-state index contributed by atoms with van der Waals surface area (Å²) in [4.78, 5) is 16.7. The third kappa shape index (κ3) is 4.14. The Morgan fingerprint density at radius 1 is 1.18 bits per heavy atom. The number of anilines is 2. The molecule has 1 unspecified atom stereocenters. The molecule has 0 saturated carbocycles. The number of carbonyl (C=O) groups is 1. The second-order valence-electron chi connectivity index (χ2n) is 7.69. The summed E-state index contributed by atoms with van der Waals surface area (Å²) < 4.78 is 0. The Morgan fingerprint density at radius 2 is 1.89 bits per heavy atom. The second-order valence-corrected chi connectivity index (χ2v) is 7.69. The van der Waals surface area contributed by atoms with Crippen molar-refractivity contribution in [1.29, 1.82) is 0 Å². The molecule has 0 aromatic heterocycles. The van der Waals surface area contributed by atoms with Gasteiger partial charge in [-0.1, -0.05) is 62.2 Å². The van der Waals surface area contributed by atoms with Gasteiger partial charge in [0, 0.05) is 24.0 Å². The standard InChI is InChI=1S/C25H32N2O/c1-4-6-12-22(19-28)27-20(3)18-25(23-15-10-11-16-24(23)27)26(17-5-2)21-13-8-7-9-14-21/h5,7-11,13-16,19-20,22,25H,2,4,6,12,17-18H2,1,3H3/t20-,22?,25+/m1/s1. The van der Waals surface area contributed by atoms with Gasteiger partial charge in [0.15, 0.2) is 0 Å². The van der Waals surface area contributed by atoms with Crippen molar-refractivity contribution in [2.75, 3.05) is 16.3 Å². The van der Waals surface area contributed by atoms with Crippen molar-refractivity contribution in [2.24, 2.45) is 0 Å². The molecule has 2 aromatic carbocycles. The summed E-state index contributed by atoms with van der Waals surface area (Å²) in [5.41, 5.74) is 3.71. The van der Waals surface area contributed by atoms with E-state index in [1.807, 2.05) is 6.08 Å². The molecule has 3 atom stereocenters. The summed E-state index contributed by atoms with van der Waals surface area (Å²) >= 11 is 0. The number of benzene rings is 2. The molecule has 0 radical (unpaired) electrons. The van der Waals surface area contributed by atoms with Crippen molar-refractivity contribution in [3.05, 3.63) is 72.8 Å². The van der Waals surface area contributed by atoms with Crippen molar-refractivity contribution in [1.82, 2.24) is 0 Å². The lowest BCUT2D eigenvalue weighted by Crippen LogP contribution is -2.49. The van der Waals surface area contributed by atoms with Crippen LogP contribution < -0.4 is 9.80 Å². The third-order valence-corrected chi connectivity index (χ3v) is 5.77. The summed E-state index contributed by atoms with van der Waals surface area (Å²) in [7, 11) is 0. The zero-order valence-electron chi connectivity index (χ0n) is 17.1. The molecule has 3 heteroatoms. The molecular weight excluding hydrogens is 344 g/mol. The largest absolute Gasteiger partial charge is 0.361 e. The van der Waals surface area contributed by atoms with Gasteiger partial charge in [-0.2, -0.15) is 0 Å². The number of nitrogens with zero attached hydrogens (tertiary/aromatic N) is 2. The Balaban J connectivity index is 2.01. The van der Waals surface area contributed by atoms with Crippen LogP contribution in [0.2, 0.25) is 0 Å². The maximum absolute atomic E-state index is 11.9. The number of hydrogen-bond donors (Lipinski definition) is 0. The highest BCUT2D eigenvalue weighted by molar-refractivity contribution is 5.70. The average molecular weight is 377 g/mol. The number of aldehydes is 1. The molecule has 1 aliphatic rings. The number of unbranched alkanes of at least 4 members (excludes halogenated alkanes) is 1. The van der Waals surface area contributed by atoms with Gasteiger partial charge in [0.2, 0.25) is 0 Å². The molecule has 1 aliphatic heterocycles. The molecule has 3 nitrogen and oxygen atoms in total. The van der Waals surface area contributed by atoms with Crippen LogP contribution in [0.4, 0.5) is 11.4 Å². The lowest BCUT2D eigenvalue weighted by Gasteiger charge is -2.47. The van der Waals surface area contributed by atoms with Crippen LogP contribution in [-0.4, -0.2) is 24.9 Å². The normalized spacial score (nSPS) is 19.6. The summed E-state index contributed by atoms with van der Waals surface area (Å²) in [5.74, 6) is 0. The summed E-state index contributed by atoms with van der Waals surface area (Å²) in [6.07, 6.45) is 7.20. The van der Waals surface area contributed by atoms with Crippen LogP contribution in [0.1, 0.15) is 51.1 Å². The molecule has 2 aromatic rings. The number of rotatable bonds is 9. The topological polar surface area (TPSA) is 23.6 Å². The predicted octanol–water partition coefficient (Wildman–Crippen LogP) is 5.78. The predicted molar refractivity (Wildman–Crippen MR) is 119 cm³/mol. The highest BCUT2D eigenvalue weighted by atomic mass is 16.1. The van der Waals surface area contributed by atoms with Crippen LogP contribution in [0.15, 0.2) is 67.3 Å². The molecule has 0 fully saturated rings. The Morgan fingerprint density at radius 3 is 2.57 bits per heavy atom. The monoisotopic (exact) mass is 376 g/mol. The van der Waals surface area contributed by atoms with E-state index in [-0.39, 0.29) is 12.1 Å². The first kappa shape index (κ1) is 20.2. The van der Waals surface area contributed by atoms with E-state index in [0.29, 0.717) is 6.04 Å². The van der Waals surface area contributed by atoms with Crippen molar-refractivity contribution in [2.45, 2.75) is 57.7 Å². The summed E-state index contributed by atoms with van der Waals surface area (Å²) in [5, 5.41) is 0. The van der Waals surface area contributed by atoms with Crippen LogP contribution in [0.3, 0.4) is 0 Å². The van der Waals surface area contributed by atoms with E-state index in [4.69, 9.17) is 0 Å². The molecule has 3 rings (SSSR count). The first-order chi connectivity index (χ1) is 13.7. The van der Waals surface area contributed by atoms with E-state index < -0.39 is 0 Å². The van der Waals surface area contributed by atoms with E-state index in [2.05, 4.69) is 84.8 Å². The van der Waals surface area contributed by atoms with Gasteiger partial charge in [0.1, 0.15) is 6.29 Å². The van der Waals surface area contributed by atoms with Crippen LogP contribution in [0, 0.1) is 0 Å². The Kier molecular flexibility index (Phi) is 6.91. The van der Waals surface area contributed by atoms with E-state index in [9.17, 15) is 4.79 Å². The zero-order valence-corrected chi connectivity index (χ0v) is 17.1. The number of para-hydroxylation sites is 2. The zero-order chi connectivity index (χ0) is 19.9. The lowest BCUT2D eigenvalue weighted by molar-refractivity contribution is -0.109. The molecule has 148 valence electrons. The van der Waals surface area contributed by atoms with Gasteiger partial charge in [-0.3, -0.25) is 0 Å². The quantitative estimate of drug-likeness (QED) is 0.409. The van der Waals surface area contributed by atoms with Crippen LogP contribution in [0.5, 0.6) is 0 Å². The third-order valence-electron chi connectivity index (χ3n) is 5.77. The highest BCUT2D eigenvalue weighted by Crippen LogP contribution is 2.43. The van der Waals surface area contributed by atoms with Gasteiger partial charge in [0.05, 0.1) is 12.1 Å². The Labute approximate surface area is 169 Å². The van der Waals surface area contributed by atoms with Gasteiger partial charge in [-0.25, -0.2) is 0 Å². The number of carbonyl (C=O) groups excluding carboxylic acids is 1. The van der Waals surface area contributed by atoms with Gasteiger partial charge in [0.25, 0.3) is 0 Å². The van der Waals surface area contributed by atoms with Crippen molar-refractivity contribution < 1.29 is 4.79 Å². The van der Waals surface area contributed by atoms with Crippen LogP contribution >= 0.6 is 0 Å². The van der Waals surface area contributed by atoms with Crippen molar-refractivity contribution >= 4 is 17.7 Å². The second kappa shape index (κ2) is 9.59. The fourth-order valence-corrected chi connectivity index (χ4v) is 4.46. The molecule has 0 amide bonds. The van der Waals surface area contributed by atoms with E-state index in [0.717, 1.165) is 38.5 Å². The first-order valence-corrected chi connectivity index (χ1v) is 10.5. The molecule has 28 heavy (non-hydrogen) atoms. The highest BCUT2D eigenvalue weighted by Gasteiger charge is 2.36. The van der Waals surface area contributed by atoms with E-state index in [1.54, 1.807) is 0 Å². The molecule has 1 heterocycles. The van der Waals surface area contributed by atoms with Gasteiger partial charge in [-0.15, -0.1) is 6.58 Å². The average Bonchev–Trinajstić information content (AvgIpc) is 2.74. The fourth-order valence-electron chi connectivity index (χ4n) is 4.46. The van der Waals surface area contributed by atoms with Gasteiger partial charge in [-0.05, 0) is 43.5 Å².